The van der Waals surface area contributed by atoms with Crippen LogP contribution in [-0.4, -0.2) is 33.2 Å². The van der Waals surface area contributed by atoms with Gasteiger partial charge in [-0.3, -0.25) is 0 Å². The van der Waals surface area contributed by atoms with Crippen molar-refractivity contribution in [2.45, 2.75) is 51.4 Å². The van der Waals surface area contributed by atoms with Crippen LogP contribution in [0.3, 0.4) is 0 Å². The molecule has 2 aromatic rings. The van der Waals surface area contributed by atoms with Crippen molar-refractivity contribution in [3.63, 3.8) is 0 Å². The molecule has 0 atom stereocenters. The average Bonchev–Trinajstić information content (AvgIpc) is 2.81. The standard InChI is InChI=1S/C16H20BrN3O3/c1-16(2,3)23-15(21)19-11-5-12(6-11)22-14-4-10(17)8-20-9-18-7-13(14)20/h4,7-9,11-12H,5-6H2,1-3H3,(H,19,21)/t11-,12-. The van der Waals surface area contributed by atoms with Gasteiger partial charge in [0.25, 0.3) is 0 Å². The monoisotopic (exact) mass is 381 g/mol. The average molecular weight is 382 g/mol. The minimum absolute atomic E-state index is 0.0861. The summed E-state index contributed by atoms with van der Waals surface area (Å²) in [4.78, 5) is 15.9. The number of fused-ring (bicyclic) bond motifs is 1. The maximum Gasteiger partial charge on any atom is 0.407 e. The van der Waals surface area contributed by atoms with Crippen LogP contribution in [0.4, 0.5) is 4.79 Å². The molecule has 23 heavy (non-hydrogen) atoms. The summed E-state index contributed by atoms with van der Waals surface area (Å²) < 4.78 is 14.1. The van der Waals surface area contributed by atoms with Crippen molar-refractivity contribution in [1.29, 1.82) is 0 Å². The minimum atomic E-state index is -0.479. The summed E-state index contributed by atoms with van der Waals surface area (Å²) in [6, 6.07) is 2.04. The molecular formula is C16H20BrN3O3. The number of alkyl carbamates (subject to hydrolysis) is 1. The van der Waals surface area contributed by atoms with Gasteiger partial charge in [-0.15, -0.1) is 0 Å². The Bertz CT molecular complexity index is 717. The van der Waals surface area contributed by atoms with E-state index < -0.39 is 5.60 Å². The summed E-state index contributed by atoms with van der Waals surface area (Å²) in [5.74, 6) is 0.789. The molecule has 1 saturated carbocycles. The molecule has 0 saturated heterocycles. The fourth-order valence-corrected chi connectivity index (χ4v) is 2.92. The molecule has 6 nitrogen and oxygen atoms in total. The summed E-state index contributed by atoms with van der Waals surface area (Å²) in [6.07, 6.45) is 6.70. The van der Waals surface area contributed by atoms with Crippen LogP contribution < -0.4 is 10.1 Å². The quantitative estimate of drug-likeness (QED) is 0.882. The van der Waals surface area contributed by atoms with Crippen LogP contribution in [0.5, 0.6) is 5.75 Å². The number of carbonyl (C=O) groups is 1. The number of halogens is 1. The van der Waals surface area contributed by atoms with Crippen molar-refractivity contribution in [1.82, 2.24) is 14.7 Å². The van der Waals surface area contributed by atoms with Gasteiger partial charge in [0.1, 0.15) is 23.0 Å². The third kappa shape index (κ3) is 3.96. The van der Waals surface area contributed by atoms with Gasteiger partial charge in [-0.05, 0) is 42.8 Å². The molecule has 1 amide bonds. The second-order valence-electron chi connectivity index (χ2n) is 6.76. The van der Waals surface area contributed by atoms with Gasteiger partial charge < -0.3 is 19.2 Å². The first-order chi connectivity index (χ1) is 10.8. The van der Waals surface area contributed by atoms with Crippen molar-refractivity contribution >= 4 is 27.5 Å². The van der Waals surface area contributed by atoms with Gasteiger partial charge in [0.15, 0.2) is 0 Å². The van der Waals surface area contributed by atoms with Gasteiger partial charge in [-0.2, -0.15) is 0 Å². The number of carbonyl (C=O) groups excluding carboxylic acids is 1. The number of aromatic nitrogens is 2. The van der Waals surface area contributed by atoms with E-state index in [1.807, 2.05) is 37.4 Å². The zero-order chi connectivity index (χ0) is 16.6. The lowest BCUT2D eigenvalue weighted by Gasteiger charge is -2.36. The zero-order valence-corrected chi connectivity index (χ0v) is 15.0. The molecule has 7 heteroatoms. The van der Waals surface area contributed by atoms with Crippen LogP contribution >= 0.6 is 15.9 Å². The molecule has 1 aliphatic carbocycles. The topological polar surface area (TPSA) is 64.9 Å². The van der Waals surface area contributed by atoms with Gasteiger partial charge in [-0.1, -0.05) is 0 Å². The number of imidazole rings is 1. The molecular weight excluding hydrogens is 362 g/mol. The lowest BCUT2D eigenvalue weighted by molar-refractivity contribution is 0.0364. The number of rotatable bonds is 3. The van der Waals surface area contributed by atoms with Crippen molar-refractivity contribution in [2.75, 3.05) is 0 Å². The molecule has 2 heterocycles. The van der Waals surface area contributed by atoms with Crippen molar-refractivity contribution in [2.24, 2.45) is 0 Å². The molecule has 1 aliphatic rings. The molecule has 0 radical (unpaired) electrons. The lowest BCUT2D eigenvalue weighted by Crippen LogP contribution is -2.50. The van der Waals surface area contributed by atoms with E-state index in [9.17, 15) is 4.79 Å². The van der Waals surface area contributed by atoms with Crippen LogP contribution in [0.2, 0.25) is 0 Å². The third-order valence-electron chi connectivity index (χ3n) is 3.56. The number of nitrogens with one attached hydrogen (secondary N) is 1. The van der Waals surface area contributed by atoms with E-state index in [0.29, 0.717) is 0 Å². The molecule has 1 fully saturated rings. The van der Waals surface area contributed by atoms with Crippen molar-refractivity contribution in [3.8, 4) is 5.75 Å². The Morgan fingerprint density at radius 3 is 2.87 bits per heavy atom. The van der Waals surface area contributed by atoms with E-state index >= 15 is 0 Å². The first kappa shape index (κ1) is 16.1. The maximum atomic E-state index is 11.7. The predicted molar refractivity (Wildman–Crippen MR) is 89.7 cm³/mol. The summed E-state index contributed by atoms with van der Waals surface area (Å²) in [6.45, 7) is 5.55. The number of hydrogen-bond donors (Lipinski definition) is 1. The Morgan fingerprint density at radius 2 is 2.17 bits per heavy atom. The second kappa shape index (κ2) is 6.03. The van der Waals surface area contributed by atoms with Crippen LogP contribution in [0.1, 0.15) is 33.6 Å². The van der Waals surface area contributed by atoms with E-state index in [2.05, 4.69) is 26.2 Å². The number of amides is 1. The summed E-state index contributed by atoms with van der Waals surface area (Å²) in [5, 5.41) is 2.86. The first-order valence-electron chi connectivity index (χ1n) is 7.57. The Labute approximate surface area is 143 Å². The number of pyridine rings is 1. The first-order valence-corrected chi connectivity index (χ1v) is 8.37. The Balaban J connectivity index is 1.54. The highest BCUT2D eigenvalue weighted by Crippen LogP contribution is 2.31. The molecule has 0 unspecified atom stereocenters. The number of nitrogens with zero attached hydrogens (tertiary/aromatic N) is 2. The van der Waals surface area contributed by atoms with Crippen LogP contribution in [0, 0.1) is 0 Å². The van der Waals surface area contributed by atoms with E-state index in [4.69, 9.17) is 9.47 Å². The molecule has 1 N–H and O–H groups in total. The highest BCUT2D eigenvalue weighted by molar-refractivity contribution is 9.10. The largest absolute Gasteiger partial charge is 0.488 e. The summed E-state index contributed by atoms with van der Waals surface area (Å²) in [5.41, 5.74) is 0.449. The second-order valence-corrected chi connectivity index (χ2v) is 7.68. The zero-order valence-electron chi connectivity index (χ0n) is 13.4. The van der Waals surface area contributed by atoms with Crippen LogP contribution in [0.25, 0.3) is 5.52 Å². The molecule has 3 rings (SSSR count). The summed E-state index contributed by atoms with van der Waals surface area (Å²) >= 11 is 3.47. The minimum Gasteiger partial charge on any atom is -0.488 e. The SMILES string of the molecule is CC(C)(C)OC(=O)N[C@H]1C[C@H](Oc2cc(Br)cn3cncc23)C1. The molecule has 0 bridgehead atoms. The third-order valence-corrected chi connectivity index (χ3v) is 3.99. The Morgan fingerprint density at radius 1 is 1.43 bits per heavy atom. The highest BCUT2D eigenvalue weighted by Gasteiger charge is 2.33. The fourth-order valence-electron chi connectivity index (χ4n) is 2.50. The molecule has 0 aliphatic heterocycles. The predicted octanol–water partition coefficient (Wildman–Crippen LogP) is 3.53. The molecule has 0 aromatic carbocycles. The number of hydrogen-bond acceptors (Lipinski definition) is 4. The highest BCUT2D eigenvalue weighted by atomic mass is 79.9. The number of ether oxygens (including phenoxy) is 2. The molecule has 0 spiro atoms. The molecule has 124 valence electrons. The Kier molecular flexibility index (Phi) is 4.23. The lowest BCUT2D eigenvalue weighted by atomic mass is 9.89. The van der Waals surface area contributed by atoms with Gasteiger partial charge in [0.2, 0.25) is 0 Å². The van der Waals surface area contributed by atoms with Gasteiger partial charge >= 0.3 is 6.09 Å². The Hall–Kier alpha value is -1.76. The van der Waals surface area contributed by atoms with Gasteiger partial charge in [-0.25, -0.2) is 9.78 Å². The summed E-state index contributed by atoms with van der Waals surface area (Å²) in [7, 11) is 0. The van der Waals surface area contributed by atoms with E-state index in [1.165, 1.54) is 0 Å². The van der Waals surface area contributed by atoms with E-state index in [0.717, 1.165) is 28.6 Å². The van der Waals surface area contributed by atoms with Crippen molar-refractivity contribution in [3.05, 3.63) is 29.3 Å². The fraction of sp³-hybridized carbons (Fsp3) is 0.500. The smallest absolute Gasteiger partial charge is 0.407 e. The molecule has 2 aromatic heterocycles. The van der Waals surface area contributed by atoms with Crippen LogP contribution in [-0.2, 0) is 4.74 Å². The normalized spacial score (nSPS) is 20.9. The van der Waals surface area contributed by atoms with Crippen molar-refractivity contribution < 1.29 is 14.3 Å². The maximum absolute atomic E-state index is 11.7. The van der Waals surface area contributed by atoms with Gasteiger partial charge in [0.05, 0.1) is 12.5 Å². The van der Waals surface area contributed by atoms with E-state index in [-0.39, 0.29) is 18.2 Å². The van der Waals surface area contributed by atoms with Crippen LogP contribution in [0.15, 0.2) is 29.3 Å². The van der Waals surface area contributed by atoms with E-state index in [1.54, 1.807) is 12.5 Å². The van der Waals surface area contributed by atoms with Gasteiger partial charge in [0, 0.05) is 29.6 Å².